The number of methoxy groups -OCH3 is 1. The van der Waals surface area contributed by atoms with Gasteiger partial charge in [-0.05, 0) is 42.2 Å². The van der Waals surface area contributed by atoms with Crippen LogP contribution < -0.4 is 10.6 Å². The lowest BCUT2D eigenvalue weighted by molar-refractivity contribution is -0.141. The lowest BCUT2D eigenvalue weighted by Gasteiger charge is -2.35. The highest BCUT2D eigenvalue weighted by atomic mass is 16.6. The first-order valence-electron chi connectivity index (χ1n) is 13.4. The van der Waals surface area contributed by atoms with E-state index in [4.69, 9.17) is 9.47 Å². The Morgan fingerprint density at radius 3 is 2.08 bits per heavy atom. The smallest absolute Gasteiger partial charge is 0.338 e. The second kappa shape index (κ2) is 13.6. The SMILES string of the molecule is CCCN1C(=O)NC(c2ccc(NC(=O)C(c3ccccc3)c3ccccc3)cc2)C(C(=O)OCCOC)=C1C. The van der Waals surface area contributed by atoms with E-state index in [2.05, 4.69) is 10.6 Å². The molecule has 1 aliphatic rings. The van der Waals surface area contributed by atoms with Gasteiger partial charge in [-0.1, -0.05) is 79.7 Å². The molecule has 0 saturated heterocycles. The maximum absolute atomic E-state index is 13.5. The van der Waals surface area contributed by atoms with Gasteiger partial charge in [-0.2, -0.15) is 0 Å². The van der Waals surface area contributed by atoms with Crippen LogP contribution in [-0.4, -0.2) is 49.7 Å². The Balaban J connectivity index is 1.58. The third-order valence-electron chi connectivity index (χ3n) is 6.82. The number of benzene rings is 3. The lowest BCUT2D eigenvalue weighted by Crippen LogP contribution is -2.48. The van der Waals surface area contributed by atoms with Crippen molar-refractivity contribution in [3.8, 4) is 0 Å². The summed E-state index contributed by atoms with van der Waals surface area (Å²) in [7, 11) is 1.53. The number of urea groups is 1. The number of carbonyl (C=O) groups excluding carboxylic acids is 3. The van der Waals surface area contributed by atoms with Crippen molar-refractivity contribution in [2.24, 2.45) is 0 Å². The largest absolute Gasteiger partial charge is 0.460 e. The fraction of sp³-hybridized carbons (Fsp3) is 0.281. The van der Waals surface area contributed by atoms with Crippen LogP contribution in [0.2, 0.25) is 0 Å². The Labute approximate surface area is 235 Å². The van der Waals surface area contributed by atoms with Crippen LogP contribution in [0, 0.1) is 0 Å². The molecule has 4 rings (SSSR count). The summed E-state index contributed by atoms with van der Waals surface area (Å²) in [5.41, 5.74) is 4.01. The van der Waals surface area contributed by atoms with Crippen molar-refractivity contribution >= 4 is 23.6 Å². The molecular formula is C32H35N3O5. The van der Waals surface area contributed by atoms with Crippen molar-refractivity contribution in [2.75, 3.05) is 32.2 Å². The first-order valence-corrected chi connectivity index (χ1v) is 13.4. The summed E-state index contributed by atoms with van der Waals surface area (Å²) in [5, 5.41) is 5.98. The molecule has 0 spiro atoms. The van der Waals surface area contributed by atoms with E-state index in [1.807, 2.05) is 67.6 Å². The zero-order valence-corrected chi connectivity index (χ0v) is 23.1. The number of amides is 3. The average Bonchev–Trinajstić information content (AvgIpc) is 2.97. The topological polar surface area (TPSA) is 97.0 Å². The number of ether oxygens (including phenoxy) is 2. The van der Waals surface area contributed by atoms with Crippen molar-refractivity contribution in [3.05, 3.63) is 113 Å². The molecule has 208 valence electrons. The molecule has 0 saturated carbocycles. The van der Waals surface area contributed by atoms with Gasteiger partial charge in [0.2, 0.25) is 5.91 Å². The Morgan fingerprint density at radius 1 is 0.925 bits per heavy atom. The van der Waals surface area contributed by atoms with Gasteiger partial charge in [0.1, 0.15) is 6.61 Å². The van der Waals surface area contributed by atoms with E-state index in [9.17, 15) is 14.4 Å². The molecule has 8 nitrogen and oxygen atoms in total. The number of nitrogens with zero attached hydrogens (tertiary/aromatic N) is 1. The normalized spacial score (nSPS) is 15.2. The highest BCUT2D eigenvalue weighted by Gasteiger charge is 2.36. The van der Waals surface area contributed by atoms with Crippen LogP contribution in [0.4, 0.5) is 10.5 Å². The van der Waals surface area contributed by atoms with Crippen LogP contribution in [0.1, 0.15) is 48.9 Å². The summed E-state index contributed by atoms with van der Waals surface area (Å²) < 4.78 is 10.4. The van der Waals surface area contributed by atoms with Crippen LogP contribution in [0.3, 0.4) is 0 Å². The van der Waals surface area contributed by atoms with Gasteiger partial charge in [-0.25, -0.2) is 9.59 Å². The molecule has 1 aliphatic heterocycles. The van der Waals surface area contributed by atoms with Gasteiger partial charge in [0.25, 0.3) is 0 Å². The van der Waals surface area contributed by atoms with Gasteiger partial charge < -0.3 is 20.1 Å². The van der Waals surface area contributed by atoms with Gasteiger partial charge in [-0.15, -0.1) is 0 Å². The third-order valence-corrected chi connectivity index (χ3v) is 6.82. The monoisotopic (exact) mass is 541 g/mol. The minimum atomic E-state index is -0.693. The number of nitrogens with one attached hydrogen (secondary N) is 2. The number of allylic oxidation sites excluding steroid dienone is 1. The van der Waals surface area contributed by atoms with Crippen LogP contribution >= 0.6 is 0 Å². The van der Waals surface area contributed by atoms with Crippen molar-refractivity contribution in [2.45, 2.75) is 32.2 Å². The minimum absolute atomic E-state index is 0.107. The molecule has 0 fully saturated rings. The van der Waals surface area contributed by atoms with Gasteiger partial charge in [0, 0.05) is 25.0 Å². The minimum Gasteiger partial charge on any atom is -0.460 e. The fourth-order valence-corrected chi connectivity index (χ4v) is 4.84. The van der Waals surface area contributed by atoms with Crippen molar-refractivity contribution in [1.82, 2.24) is 10.2 Å². The first-order chi connectivity index (χ1) is 19.4. The molecule has 3 aromatic rings. The molecule has 40 heavy (non-hydrogen) atoms. The summed E-state index contributed by atoms with van der Waals surface area (Å²) in [6, 6.07) is 25.4. The number of hydrogen-bond donors (Lipinski definition) is 2. The highest BCUT2D eigenvalue weighted by molar-refractivity contribution is 5.98. The van der Waals surface area contributed by atoms with Gasteiger partial charge in [0.15, 0.2) is 0 Å². The number of hydrogen-bond acceptors (Lipinski definition) is 5. The Kier molecular flexibility index (Phi) is 9.70. The molecule has 1 unspecified atom stereocenters. The molecule has 0 radical (unpaired) electrons. The van der Waals surface area contributed by atoms with Crippen LogP contribution in [-0.2, 0) is 19.1 Å². The van der Waals surface area contributed by atoms with E-state index in [0.29, 0.717) is 29.1 Å². The number of anilines is 1. The maximum Gasteiger partial charge on any atom is 0.338 e. The molecule has 1 atom stereocenters. The molecule has 0 aromatic heterocycles. The average molecular weight is 542 g/mol. The zero-order chi connectivity index (χ0) is 28.5. The van der Waals surface area contributed by atoms with E-state index in [0.717, 1.165) is 17.5 Å². The Bertz CT molecular complexity index is 1300. The summed E-state index contributed by atoms with van der Waals surface area (Å²) >= 11 is 0. The van der Waals surface area contributed by atoms with Gasteiger partial charge >= 0.3 is 12.0 Å². The number of rotatable bonds is 11. The standard InChI is InChI=1S/C32H35N3O5/c1-4-19-35-22(2)27(31(37)40-21-20-39-3)29(34-32(35)38)25-15-17-26(18-16-25)33-30(36)28(23-11-7-5-8-12-23)24-13-9-6-10-14-24/h5-18,28-29H,4,19-21H2,1-3H3,(H,33,36)(H,34,38). The summed E-state index contributed by atoms with van der Waals surface area (Å²) in [4.78, 5) is 41.1. The molecule has 2 N–H and O–H groups in total. The number of carbonyl (C=O) groups is 3. The van der Waals surface area contributed by atoms with E-state index < -0.39 is 17.9 Å². The second-order valence-corrected chi connectivity index (χ2v) is 9.53. The van der Waals surface area contributed by atoms with Crippen molar-refractivity contribution in [1.29, 1.82) is 0 Å². The fourth-order valence-electron chi connectivity index (χ4n) is 4.84. The van der Waals surface area contributed by atoms with E-state index >= 15 is 0 Å². The van der Waals surface area contributed by atoms with Crippen molar-refractivity contribution in [3.63, 3.8) is 0 Å². The second-order valence-electron chi connectivity index (χ2n) is 9.53. The molecular weight excluding hydrogens is 506 g/mol. The van der Waals surface area contributed by atoms with E-state index in [-0.39, 0.29) is 25.2 Å². The van der Waals surface area contributed by atoms with E-state index in [1.165, 1.54) is 7.11 Å². The first kappa shape index (κ1) is 28.6. The Morgan fingerprint density at radius 2 is 1.52 bits per heavy atom. The summed E-state index contributed by atoms with van der Waals surface area (Å²) in [6.07, 6.45) is 0.739. The van der Waals surface area contributed by atoms with E-state index in [1.54, 1.807) is 36.1 Å². The van der Waals surface area contributed by atoms with Crippen molar-refractivity contribution < 1.29 is 23.9 Å². The summed E-state index contributed by atoms with van der Waals surface area (Å²) in [6.45, 7) is 4.59. The summed E-state index contributed by atoms with van der Waals surface area (Å²) in [5.74, 6) is -1.15. The van der Waals surface area contributed by atoms with Crippen LogP contribution in [0.15, 0.2) is 96.2 Å². The lowest BCUT2D eigenvalue weighted by atomic mass is 9.90. The van der Waals surface area contributed by atoms with Crippen LogP contribution in [0.5, 0.6) is 0 Å². The molecule has 0 bridgehead atoms. The maximum atomic E-state index is 13.5. The number of esters is 1. The zero-order valence-electron chi connectivity index (χ0n) is 23.1. The highest BCUT2D eigenvalue weighted by Crippen LogP contribution is 2.32. The predicted molar refractivity (Wildman–Crippen MR) is 154 cm³/mol. The molecule has 3 amide bonds. The third kappa shape index (κ3) is 6.58. The quantitative estimate of drug-likeness (QED) is 0.250. The molecule has 8 heteroatoms. The predicted octanol–water partition coefficient (Wildman–Crippen LogP) is 5.40. The molecule has 3 aromatic carbocycles. The van der Waals surface area contributed by atoms with Gasteiger partial charge in [-0.3, -0.25) is 9.69 Å². The Hall–Kier alpha value is -4.43. The van der Waals surface area contributed by atoms with Crippen LogP contribution in [0.25, 0.3) is 0 Å². The molecule has 1 heterocycles. The molecule has 0 aliphatic carbocycles. The van der Waals surface area contributed by atoms with Gasteiger partial charge in [0.05, 0.1) is 24.1 Å².